The SMILES string of the molecule is FC(F)(F)CCCCNCc1c(Cl)cccc1Cl. The summed E-state index contributed by atoms with van der Waals surface area (Å²) in [6.45, 7) is 0.974. The van der Waals surface area contributed by atoms with Gasteiger partial charge in [0.2, 0.25) is 0 Å². The molecule has 1 N–H and O–H groups in total. The molecule has 18 heavy (non-hydrogen) atoms. The molecule has 1 rings (SSSR count). The molecule has 102 valence electrons. The van der Waals surface area contributed by atoms with E-state index in [1.807, 2.05) is 0 Å². The highest BCUT2D eigenvalue weighted by Gasteiger charge is 2.25. The molecule has 1 nitrogen and oxygen atoms in total. The largest absolute Gasteiger partial charge is 0.389 e. The maximum Gasteiger partial charge on any atom is 0.389 e. The molecule has 0 unspecified atom stereocenters. The van der Waals surface area contributed by atoms with Gasteiger partial charge < -0.3 is 5.32 Å². The fraction of sp³-hybridized carbons (Fsp3) is 0.500. The van der Waals surface area contributed by atoms with Gasteiger partial charge in [-0.05, 0) is 31.5 Å². The van der Waals surface area contributed by atoms with Gasteiger partial charge in [0.25, 0.3) is 0 Å². The van der Waals surface area contributed by atoms with Crippen LogP contribution >= 0.6 is 23.2 Å². The van der Waals surface area contributed by atoms with Crippen molar-refractivity contribution in [3.8, 4) is 0 Å². The molecule has 0 aliphatic carbocycles. The molecule has 0 aliphatic heterocycles. The third-order valence-electron chi connectivity index (χ3n) is 2.43. The highest BCUT2D eigenvalue weighted by Crippen LogP contribution is 2.24. The van der Waals surface area contributed by atoms with E-state index in [0.717, 1.165) is 5.56 Å². The van der Waals surface area contributed by atoms with Crippen LogP contribution in [-0.2, 0) is 6.54 Å². The Morgan fingerprint density at radius 3 is 2.22 bits per heavy atom. The summed E-state index contributed by atoms with van der Waals surface area (Å²) >= 11 is 11.9. The third-order valence-corrected chi connectivity index (χ3v) is 3.14. The molecule has 0 radical (unpaired) electrons. The number of halogens is 5. The van der Waals surface area contributed by atoms with E-state index >= 15 is 0 Å². The molecule has 0 aliphatic rings. The van der Waals surface area contributed by atoms with E-state index in [4.69, 9.17) is 23.2 Å². The summed E-state index contributed by atoms with van der Waals surface area (Å²) in [5.41, 5.74) is 0.775. The molecular formula is C12H14Cl2F3N. The van der Waals surface area contributed by atoms with Crippen molar-refractivity contribution >= 4 is 23.2 Å². The van der Waals surface area contributed by atoms with Crippen LogP contribution in [0.3, 0.4) is 0 Å². The predicted molar refractivity (Wildman–Crippen MR) is 68.1 cm³/mol. The summed E-state index contributed by atoms with van der Waals surface area (Å²) in [6.07, 6.45) is -4.19. The van der Waals surface area contributed by atoms with Crippen molar-refractivity contribution in [3.63, 3.8) is 0 Å². The van der Waals surface area contributed by atoms with Crippen molar-refractivity contribution < 1.29 is 13.2 Å². The van der Waals surface area contributed by atoms with Gasteiger partial charge in [-0.25, -0.2) is 0 Å². The average molecular weight is 300 g/mol. The van der Waals surface area contributed by atoms with E-state index in [9.17, 15) is 13.2 Å². The Bertz CT molecular complexity index is 360. The predicted octanol–water partition coefficient (Wildman–Crippen LogP) is 4.82. The molecule has 0 bridgehead atoms. The van der Waals surface area contributed by atoms with Gasteiger partial charge in [0.05, 0.1) is 0 Å². The molecule has 0 spiro atoms. The summed E-state index contributed by atoms with van der Waals surface area (Å²) in [5, 5.41) is 4.15. The normalized spacial score (nSPS) is 11.8. The van der Waals surface area contributed by atoms with Gasteiger partial charge >= 0.3 is 6.18 Å². The van der Waals surface area contributed by atoms with E-state index in [1.54, 1.807) is 18.2 Å². The van der Waals surface area contributed by atoms with Crippen LogP contribution in [0.5, 0.6) is 0 Å². The fourth-order valence-corrected chi connectivity index (χ4v) is 2.02. The van der Waals surface area contributed by atoms with Gasteiger partial charge in [-0.15, -0.1) is 0 Å². The topological polar surface area (TPSA) is 12.0 Å². The second kappa shape index (κ2) is 7.22. The molecule has 0 atom stereocenters. The van der Waals surface area contributed by atoms with Crippen LogP contribution < -0.4 is 5.32 Å². The molecule has 0 heterocycles. The van der Waals surface area contributed by atoms with E-state index < -0.39 is 12.6 Å². The van der Waals surface area contributed by atoms with Gasteiger partial charge in [-0.3, -0.25) is 0 Å². The van der Waals surface area contributed by atoms with E-state index in [2.05, 4.69) is 5.32 Å². The summed E-state index contributed by atoms with van der Waals surface area (Å²) in [7, 11) is 0. The molecule has 6 heteroatoms. The molecule has 1 aromatic rings. The van der Waals surface area contributed by atoms with Crippen LogP contribution in [0.25, 0.3) is 0 Å². The number of hydrogen-bond donors (Lipinski definition) is 1. The Balaban J connectivity index is 2.22. The minimum atomic E-state index is -4.06. The summed E-state index contributed by atoms with van der Waals surface area (Å²) < 4.78 is 35.6. The molecule has 0 amide bonds. The first-order valence-corrected chi connectivity index (χ1v) is 6.36. The smallest absolute Gasteiger partial charge is 0.313 e. The summed E-state index contributed by atoms with van der Waals surface area (Å²) in [4.78, 5) is 0. The average Bonchev–Trinajstić information content (AvgIpc) is 2.25. The number of unbranched alkanes of at least 4 members (excludes halogenated alkanes) is 1. The van der Waals surface area contributed by atoms with Crippen molar-refractivity contribution in [1.82, 2.24) is 5.32 Å². The zero-order valence-corrected chi connectivity index (χ0v) is 11.2. The zero-order chi connectivity index (χ0) is 13.6. The fourth-order valence-electron chi connectivity index (χ4n) is 1.49. The standard InChI is InChI=1S/C12H14Cl2F3N/c13-10-4-3-5-11(14)9(10)8-18-7-2-1-6-12(15,16)17/h3-5,18H,1-2,6-8H2. The lowest BCUT2D eigenvalue weighted by Crippen LogP contribution is -2.16. The molecule has 0 saturated heterocycles. The van der Waals surface area contributed by atoms with E-state index in [-0.39, 0.29) is 6.42 Å². The number of hydrogen-bond acceptors (Lipinski definition) is 1. The van der Waals surface area contributed by atoms with Crippen LogP contribution in [0.4, 0.5) is 13.2 Å². The maximum absolute atomic E-state index is 11.9. The number of alkyl halides is 3. The van der Waals surface area contributed by atoms with E-state index in [0.29, 0.717) is 29.6 Å². The first-order valence-electron chi connectivity index (χ1n) is 5.60. The molecule has 1 aromatic carbocycles. The van der Waals surface area contributed by atoms with Gasteiger partial charge in [0, 0.05) is 28.6 Å². The first kappa shape index (κ1) is 15.6. The van der Waals surface area contributed by atoms with Crippen LogP contribution in [0, 0.1) is 0 Å². The van der Waals surface area contributed by atoms with E-state index in [1.165, 1.54) is 0 Å². The van der Waals surface area contributed by atoms with Crippen molar-refractivity contribution in [2.45, 2.75) is 32.0 Å². The highest BCUT2D eigenvalue weighted by atomic mass is 35.5. The minimum absolute atomic E-state index is 0.132. The van der Waals surface area contributed by atoms with Crippen LogP contribution in [0.15, 0.2) is 18.2 Å². The van der Waals surface area contributed by atoms with Crippen molar-refractivity contribution in [2.75, 3.05) is 6.54 Å². The second-order valence-electron chi connectivity index (χ2n) is 3.95. The highest BCUT2D eigenvalue weighted by molar-refractivity contribution is 6.35. The number of rotatable bonds is 6. The van der Waals surface area contributed by atoms with Gasteiger partial charge in [0.15, 0.2) is 0 Å². The first-order chi connectivity index (χ1) is 8.40. The molecular weight excluding hydrogens is 286 g/mol. The Morgan fingerprint density at radius 2 is 1.67 bits per heavy atom. The number of benzene rings is 1. The van der Waals surface area contributed by atoms with Gasteiger partial charge in [0.1, 0.15) is 0 Å². The summed E-state index contributed by atoms with van der Waals surface area (Å²) in [6, 6.07) is 5.21. The zero-order valence-electron chi connectivity index (χ0n) is 9.66. The maximum atomic E-state index is 11.9. The monoisotopic (exact) mass is 299 g/mol. The number of nitrogens with one attached hydrogen (secondary N) is 1. The Morgan fingerprint density at radius 1 is 1.06 bits per heavy atom. The summed E-state index contributed by atoms with van der Waals surface area (Å²) in [5.74, 6) is 0. The quantitative estimate of drug-likeness (QED) is 0.743. The molecule has 0 saturated carbocycles. The van der Waals surface area contributed by atoms with Crippen LogP contribution in [0.2, 0.25) is 10.0 Å². The van der Waals surface area contributed by atoms with Gasteiger partial charge in [-0.2, -0.15) is 13.2 Å². The lowest BCUT2D eigenvalue weighted by atomic mass is 10.2. The molecule has 0 fully saturated rings. The third kappa shape index (κ3) is 5.94. The van der Waals surface area contributed by atoms with Crippen LogP contribution in [-0.4, -0.2) is 12.7 Å². The van der Waals surface area contributed by atoms with Gasteiger partial charge in [-0.1, -0.05) is 29.3 Å². The molecule has 0 aromatic heterocycles. The Kier molecular flexibility index (Phi) is 6.26. The Labute approximate surface area is 114 Å². The Hall–Kier alpha value is -0.450. The van der Waals surface area contributed by atoms with Crippen LogP contribution in [0.1, 0.15) is 24.8 Å². The van der Waals surface area contributed by atoms with Crippen molar-refractivity contribution in [2.24, 2.45) is 0 Å². The van der Waals surface area contributed by atoms with Crippen molar-refractivity contribution in [3.05, 3.63) is 33.8 Å². The lowest BCUT2D eigenvalue weighted by molar-refractivity contribution is -0.135. The second-order valence-corrected chi connectivity index (χ2v) is 4.76. The minimum Gasteiger partial charge on any atom is -0.313 e. The van der Waals surface area contributed by atoms with Crippen molar-refractivity contribution in [1.29, 1.82) is 0 Å². The lowest BCUT2D eigenvalue weighted by Gasteiger charge is -2.09.